The Hall–Kier alpha value is -3.20. The SMILES string of the molecule is CC(C)(C/C(=C/N)c1ccc(C(=O)O)cc1)NCC(O)COc1ccccc1-c1nccs1. The van der Waals surface area contributed by atoms with Gasteiger partial charge >= 0.3 is 5.97 Å². The van der Waals surface area contributed by atoms with Gasteiger partial charge in [-0.3, -0.25) is 0 Å². The number of nitrogens with zero attached hydrogens (tertiary/aromatic N) is 1. The maximum atomic E-state index is 11.1. The summed E-state index contributed by atoms with van der Waals surface area (Å²) < 4.78 is 5.89. The number of β-amino-alcohol motifs (C(OH)–C–C–N with tert-alkyl or cyclic N) is 1. The second-order valence-corrected chi connectivity index (χ2v) is 9.21. The monoisotopic (exact) mass is 467 g/mol. The summed E-state index contributed by atoms with van der Waals surface area (Å²) in [6.07, 6.45) is 3.17. The molecule has 0 spiro atoms. The van der Waals surface area contributed by atoms with E-state index in [4.69, 9.17) is 15.6 Å². The molecule has 0 aliphatic carbocycles. The Balaban J connectivity index is 1.54. The highest BCUT2D eigenvalue weighted by Crippen LogP contribution is 2.31. The van der Waals surface area contributed by atoms with Crippen LogP contribution in [0.5, 0.6) is 5.75 Å². The number of rotatable bonds is 11. The number of aromatic carboxylic acids is 1. The lowest BCUT2D eigenvalue weighted by Crippen LogP contribution is -2.45. The van der Waals surface area contributed by atoms with Crippen molar-refractivity contribution in [1.82, 2.24) is 10.3 Å². The molecular weight excluding hydrogens is 438 g/mol. The zero-order valence-electron chi connectivity index (χ0n) is 18.7. The zero-order valence-corrected chi connectivity index (χ0v) is 19.5. The van der Waals surface area contributed by atoms with E-state index in [0.717, 1.165) is 21.7 Å². The van der Waals surface area contributed by atoms with Crippen molar-refractivity contribution in [2.24, 2.45) is 5.73 Å². The molecule has 1 unspecified atom stereocenters. The third-order valence-corrected chi connectivity index (χ3v) is 5.94. The van der Waals surface area contributed by atoms with Crippen LogP contribution in [-0.2, 0) is 0 Å². The van der Waals surface area contributed by atoms with Crippen LogP contribution in [0.25, 0.3) is 16.1 Å². The molecule has 0 saturated carbocycles. The minimum absolute atomic E-state index is 0.141. The van der Waals surface area contributed by atoms with Gasteiger partial charge in [0.25, 0.3) is 0 Å². The molecule has 33 heavy (non-hydrogen) atoms. The first-order valence-electron chi connectivity index (χ1n) is 10.6. The maximum absolute atomic E-state index is 11.1. The van der Waals surface area contributed by atoms with E-state index in [0.29, 0.717) is 18.7 Å². The number of hydrogen-bond acceptors (Lipinski definition) is 7. The van der Waals surface area contributed by atoms with E-state index in [1.165, 1.54) is 17.5 Å². The number of aromatic nitrogens is 1. The number of nitrogens with two attached hydrogens (primary N) is 1. The molecule has 0 amide bonds. The van der Waals surface area contributed by atoms with Crippen LogP contribution in [0.4, 0.5) is 0 Å². The van der Waals surface area contributed by atoms with E-state index in [1.807, 2.05) is 43.5 Å². The number of aliphatic hydroxyl groups excluding tert-OH is 1. The molecular formula is C25H29N3O4S. The van der Waals surface area contributed by atoms with Crippen LogP contribution in [0.15, 0.2) is 66.3 Å². The van der Waals surface area contributed by atoms with Crippen molar-refractivity contribution >= 4 is 22.9 Å². The van der Waals surface area contributed by atoms with Crippen LogP contribution >= 0.6 is 11.3 Å². The maximum Gasteiger partial charge on any atom is 0.335 e. The normalized spacial score (nSPS) is 13.0. The molecule has 3 rings (SSSR count). The van der Waals surface area contributed by atoms with Gasteiger partial charge in [-0.1, -0.05) is 24.3 Å². The van der Waals surface area contributed by atoms with E-state index < -0.39 is 12.1 Å². The number of para-hydroxylation sites is 1. The summed E-state index contributed by atoms with van der Waals surface area (Å²) >= 11 is 1.54. The van der Waals surface area contributed by atoms with Crippen LogP contribution in [0.2, 0.25) is 0 Å². The van der Waals surface area contributed by atoms with Crippen molar-refractivity contribution in [3.63, 3.8) is 0 Å². The standard InChI is InChI=1S/C25H29N3O4S/c1-25(2,13-19(14-26)17-7-9-18(10-8-17)24(30)31)28-15-20(29)16-32-22-6-4-3-5-21(22)23-27-11-12-33-23/h3-12,14,20,28-29H,13,15-16,26H2,1-2H3,(H,30,31)/b19-14-. The summed E-state index contributed by atoms with van der Waals surface area (Å²) in [5.41, 5.74) is 8.36. The fraction of sp³-hybridized carbons (Fsp3) is 0.280. The van der Waals surface area contributed by atoms with Gasteiger partial charge in [0.05, 0.1) is 11.1 Å². The highest BCUT2D eigenvalue weighted by molar-refractivity contribution is 7.13. The first-order valence-corrected chi connectivity index (χ1v) is 11.5. The summed E-state index contributed by atoms with van der Waals surface area (Å²) in [5, 5.41) is 25.7. The highest BCUT2D eigenvalue weighted by Gasteiger charge is 2.22. The summed E-state index contributed by atoms with van der Waals surface area (Å²) in [5.74, 6) is -0.281. The number of nitrogens with one attached hydrogen (secondary N) is 1. The first-order chi connectivity index (χ1) is 15.8. The number of thiazole rings is 1. The largest absolute Gasteiger partial charge is 0.490 e. The van der Waals surface area contributed by atoms with Crippen molar-refractivity contribution in [3.05, 3.63) is 77.4 Å². The summed E-state index contributed by atoms with van der Waals surface area (Å²) in [6.45, 7) is 4.52. The second-order valence-electron chi connectivity index (χ2n) is 8.31. The zero-order chi connectivity index (χ0) is 23.8. The minimum Gasteiger partial charge on any atom is -0.490 e. The average Bonchev–Trinajstić information content (AvgIpc) is 3.35. The molecule has 0 aliphatic heterocycles. The molecule has 0 fully saturated rings. The number of benzene rings is 2. The Morgan fingerprint density at radius 3 is 2.55 bits per heavy atom. The summed E-state index contributed by atoms with van der Waals surface area (Å²) in [4.78, 5) is 15.4. The lowest BCUT2D eigenvalue weighted by atomic mass is 9.90. The van der Waals surface area contributed by atoms with Gasteiger partial charge in [-0.25, -0.2) is 9.78 Å². The lowest BCUT2D eigenvalue weighted by molar-refractivity contribution is 0.0697. The molecule has 5 N–H and O–H groups in total. The summed E-state index contributed by atoms with van der Waals surface area (Å²) in [7, 11) is 0. The van der Waals surface area contributed by atoms with Gasteiger partial charge in [0.1, 0.15) is 23.5 Å². The predicted molar refractivity (Wildman–Crippen MR) is 131 cm³/mol. The number of ether oxygens (including phenoxy) is 1. The Bertz CT molecular complexity index is 1080. The Labute approximate surface area is 197 Å². The van der Waals surface area contributed by atoms with Gasteiger partial charge in [-0.15, -0.1) is 11.3 Å². The molecule has 174 valence electrons. The predicted octanol–water partition coefficient (Wildman–Crippen LogP) is 4.01. The summed E-state index contributed by atoms with van der Waals surface area (Å²) in [6, 6.07) is 14.3. The van der Waals surface area contributed by atoms with Gasteiger partial charge in [-0.05, 0) is 61.9 Å². The minimum atomic E-state index is -0.965. The Morgan fingerprint density at radius 1 is 1.21 bits per heavy atom. The highest BCUT2D eigenvalue weighted by atomic mass is 32.1. The van der Waals surface area contributed by atoms with Crippen molar-refractivity contribution in [3.8, 4) is 16.3 Å². The van der Waals surface area contributed by atoms with E-state index in [9.17, 15) is 9.90 Å². The Morgan fingerprint density at radius 2 is 1.91 bits per heavy atom. The van der Waals surface area contributed by atoms with Crippen LogP contribution in [0.1, 0.15) is 36.2 Å². The third kappa shape index (κ3) is 6.89. The molecule has 7 nitrogen and oxygen atoms in total. The van der Waals surface area contributed by atoms with Gasteiger partial charge in [0, 0.05) is 23.7 Å². The lowest BCUT2D eigenvalue weighted by Gasteiger charge is -2.29. The number of carboxylic acid groups (broad SMARTS) is 1. The van der Waals surface area contributed by atoms with E-state index in [-0.39, 0.29) is 17.7 Å². The van der Waals surface area contributed by atoms with Crippen LogP contribution in [0, 0.1) is 0 Å². The number of aliphatic hydroxyl groups is 1. The molecule has 0 aliphatic rings. The van der Waals surface area contributed by atoms with Crippen LogP contribution < -0.4 is 15.8 Å². The second kappa shape index (κ2) is 11.1. The van der Waals surface area contributed by atoms with Crippen LogP contribution in [-0.4, -0.2) is 46.0 Å². The van der Waals surface area contributed by atoms with Gasteiger partial charge in [0.15, 0.2) is 0 Å². The number of carbonyl (C=O) groups is 1. The molecule has 0 bridgehead atoms. The molecule has 0 radical (unpaired) electrons. The third-order valence-electron chi connectivity index (χ3n) is 5.13. The quantitative estimate of drug-likeness (QED) is 0.337. The Kier molecular flexibility index (Phi) is 8.21. The van der Waals surface area contributed by atoms with Crippen molar-refractivity contribution in [2.75, 3.05) is 13.2 Å². The number of carboxylic acids is 1. The van der Waals surface area contributed by atoms with Crippen molar-refractivity contribution in [1.29, 1.82) is 0 Å². The topological polar surface area (TPSA) is 118 Å². The molecule has 1 atom stereocenters. The first kappa shape index (κ1) is 24.4. The smallest absolute Gasteiger partial charge is 0.335 e. The fourth-order valence-corrected chi connectivity index (χ4v) is 4.06. The van der Waals surface area contributed by atoms with Crippen LogP contribution in [0.3, 0.4) is 0 Å². The van der Waals surface area contributed by atoms with Gasteiger partial charge < -0.3 is 26.0 Å². The van der Waals surface area contributed by atoms with Crippen molar-refractivity contribution < 1.29 is 19.7 Å². The average molecular weight is 468 g/mol. The van der Waals surface area contributed by atoms with Crippen molar-refractivity contribution in [2.45, 2.75) is 31.9 Å². The van der Waals surface area contributed by atoms with E-state index >= 15 is 0 Å². The number of hydrogen-bond donors (Lipinski definition) is 4. The van der Waals surface area contributed by atoms with E-state index in [2.05, 4.69) is 10.3 Å². The molecule has 2 aromatic carbocycles. The molecule has 8 heteroatoms. The fourth-order valence-electron chi connectivity index (χ4n) is 3.39. The van der Waals surface area contributed by atoms with E-state index in [1.54, 1.807) is 30.5 Å². The molecule has 3 aromatic rings. The molecule has 1 aromatic heterocycles. The van der Waals surface area contributed by atoms with Gasteiger partial charge in [-0.2, -0.15) is 0 Å². The van der Waals surface area contributed by atoms with Gasteiger partial charge in [0.2, 0.25) is 0 Å². The molecule has 0 saturated heterocycles. The molecule has 1 heterocycles.